The maximum atomic E-state index is 13.2. The molecule has 0 bridgehead atoms. The number of hydrogen-bond donors (Lipinski definition) is 1. The molecule has 2 aromatic heterocycles. The van der Waals surface area contributed by atoms with Crippen molar-refractivity contribution in [3.8, 4) is 0 Å². The molecule has 2 aliphatic rings. The van der Waals surface area contributed by atoms with E-state index in [1.165, 1.54) is 29.5 Å². The molecule has 2 saturated heterocycles. The van der Waals surface area contributed by atoms with E-state index in [1.807, 2.05) is 12.3 Å². The molecule has 4 heterocycles. The van der Waals surface area contributed by atoms with Crippen molar-refractivity contribution in [2.45, 2.75) is 71.3 Å². The third kappa shape index (κ3) is 7.01. The van der Waals surface area contributed by atoms with Crippen molar-refractivity contribution in [2.24, 2.45) is 0 Å². The SMILES string of the molecule is CC(C)c1cc(N2CCCN(C(CC(=O)NCCN3CCCC3)c3csc(C(C)C)n3)CC2)c2ncccc2c1. The van der Waals surface area contributed by atoms with Crippen molar-refractivity contribution in [1.29, 1.82) is 0 Å². The van der Waals surface area contributed by atoms with Gasteiger partial charge < -0.3 is 15.1 Å². The average Bonchev–Trinajstić information content (AvgIpc) is 3.59. The van der Waals surface area contributed by atoms with Crippen molar-refractivity contribution >= 4 is 33.8 Å². The van der Waals surface area contributed by atoms with E-state index in [-0.39, 0.29) is 11.9 Å². The highest BCUT2D eigenvalue weighted by Gasteiger charge is 2.29. The van der Waals surface area contributed by atoms with Crippen molar-refractivity contribution in [3.05, 3.63) is 52.1 Å². The first-order valence-corrected chi connectivity index (χ1v) is 16.1. The topological polar surface area (TPSA) is 64.6 Å². The summed E-state index contributed by atoms with van der Waals surface area (Å²) >= 11 is 1.73. The molecule has 2 fully saturated rings. The van der Waals surface area contributed by atoms with E-state index in [0.717, 1.165) is 75.0 Å². The zero-order chi connectivity index (χ0) is 28.1. The molecule has 8 heteroatoms. The normalized spacial score (nSPS) is 18.1. The van der Waals surface area contributed by atoms with E-state index >= 15 is 0 Å². The molecule has 2 aliphatic heterocycles. The fourth-order valence-electron chi connectivity index (χ4n) is 6.01. The predicted molar refractivity (Wildman–Crippen MR) is 166 cm³/mol. The Labute approximate surface area is 244 Å². The number of carbonyl (C=O) groups excluding carboxylic acids is 1. The summed E-state index contributed by atoms with van der Waals surface area (Å²) in [5, 5.41) is 7.75. The Kier molecular flexibility index (Phi) is 9.71. The van der Waals surface area contributed by atoms with Gasteiger partial charge in [0, 0.05) is 68.6 Å². The van der Waals surface area contributed by atoms with Gasteiger partial charge in [0.15, 0.2) is 0 Å². The lowest BCUT2D eigenvalue weighted by atomic mass is 9.99. The Morgan fingerprint density at radius 1 is 1.00 bits per heavy atom. The zero-order valence-electron chi connectivity index (χ0n) is 24.7. The van der Waals surface area contributed by atoms with Crippen LogP contribution in [0, 0.1) is 0 Å². The molecule has 0 saturated carbocycles. The number of amides is 1. The molecule has 1 atom stereocenters. The van der Waals surface area contributed by atoms with Gasteiger partial charge in [0.1, 0.15) is 0 Å². The van der Waals surface area contributed by atoms with E-state index < -0.39 is 0 Å². The van der Waals surface area contributed by atoms with Gasteiger partial charge in [0.2, 0.25) is 5.91 Å². The molecule has 0 spiro atoms. The molecular formula is C32H46N6OS. The number of benzene rings is 1. The second-order valence-electron chi connectivity index (χ2n) is 12.0. The molecule has 5 rings (SSSR count). The summed E-state index contributed by atoms with van der Waals surface area (Å²) in [4.78, 5) is 30.5. The van der Waals surface area contributed by atoms with Gasteiger partial charge in [-0.05, 0) is 62.0 Å². The van der Waals surface area contributed by atoms with Crippen LogP contribution >= 0.6 is 11.3 Å². The quantitative estimate of drug-likeness (QED) is 0.337. The lowest BCUT2D eigenvalue weighted by Crippen LogP contribution is -2.38. The predicted octanol–water partition coefficient (Wildman–Crippen LogP) is 5.79. The molecule has 216 valence electrons. The second-order valence-corrected chi connectivity index (χ2v) is 12.9. The van der Waals surface area contributed by atoms with Gasteiger partial charge in [-0.1, -0.05) is 33.8 Å². The van der Waals surface area contributed by atoms with Gasteiger partial charge in [0.25, 0.3) is 0 Å². The van der Waals surface area contributed by atoms with E-state index in [9.17, 15) is 4.79 Å². The van der Waals surface area contributed by atoms with Crippen LogP contribution in [0.3, 0.4) is 0 Å². The maximum Gasteiger partial charge on any atom is 0.222 e. The van der Waals surface area contributed by atoms with Crippen LogP contribution in [0.25, 0.3) is 10.9 Å². The van der Waals surface area contributed by atoms with Gasteiger partial charge in [-0.15, -0.1) is 11.3 Å². The molecule has 1 unspecified atom stereocenters. The Balaban J connectivity index is 1.32. The van der Waals surface area contributed by atoms with E-state index in [0.29, 0.717) is 18.3 Å². The van der Waals surface area contributed by atoms with E-state index in [2.05, 4.69) is 71.3 Å². The third-order valence-electron chi connectivity index (χ3n) is 8.39. The Hall–Kier alpha value is -2.55. The van der Waals surface area contributed by atoms with Crippen LogP contribution in [0.5, 0.6) is 0 Å². The first kappa shape index (κ1) is 29.0. The van der Waals surface area contributed by atoms with Gasteiger partial charge in [-0.25, -0.2) is 4.98 Å². The minimum absolute atomic E-state index is 0.00708. The lowest BCUT2D eigenvalue weighted by Gasteiger charge is -2.30. The number of carbonyl (C=O) groups is 1. The number of nitrogens with zero attached hydrogens (tertiary/aromatic N) is 5. The molecule has 0 radical (unpaired) electrons. The Bertz CT molecular complexity index is 1270. The monoisotopic (exact) mass is 562 g/mol. The van der Waals surface area contributed by atoms with E-state index in [1.54, 1.807) is 11.3 Å². The van der Waals surface area contributed by atoms with Crippen LogP contribution in [0.15, 0.2) is 35.8 Å². The van der Waals surface area contributed by atoms with Crippen LogP contribution < -0.4 is 10.2 Å². The number of fused-ring (bicyclic) bond motifs is 1. The summed E-state index contributed by atoms with van der Waals surface area (Å²) in [6.07, 6.45) is 5.94. The highest BCUT2D eigenvalue weighted by Crippen LogP contribution is 2.33. The van der Waals surface area contributed by atoms with Gasteiger partial charge in [-0.2, -0.15) is 0 Å². The standard InChI is InChI=1S/C32H46N6OS/c1-23(2)26-19-25-9-7-10-34-31(25)29(20-26)38-15-8-14-37(17-18-38)28(27-22-40-32(35-27)24(3)4)21-30(39)33-11-16-36-12-5-6-13-36/h7,9-10,19-20,22-24,28H,5-6,8,11-18,21H2,1-4H3,(H,33,39). The summed E-state index contributed by atoms with van der Waals surface area (Å²) in [5.41, 5.74) is 4.71. The van der Waals surface area contributed by atoms with Gasteiger partial charge >= 0.3 is 0 Å². The Morgan fingerprint density at radius 3 is 2.58 bits per heavy atom. The van der Waals surface area contributed by atoms with E-state index in [4.69, 9.17) is 9.97 Å². The van der Waals surface area contributed by atoms with Gasteiger partial charge in [0.05, 0.1) is 27.9 Å². The van der Waals surface area contributed by atoms with Crippen molar-refractivity contribution in [3.63, 3.8) is 0 Å². The zero-order valence-corrected chi connectivity index (χ0v) is 25.6. The molecule has 1 amide bonds. The summed E-state index contributed by atoms with van der Waals surface area (Å²) in [5.74, 6) is 0.978. The first-order valence-electron chi connectivity index (χ1n) is 15.2. The largest absolute Gasteiger partial charge is 0.368 e. The average molecular weight is 563 g/mol. The second kappa shape index (κ2) is 13.4. The number of aromatic nitrogens is 2. The Morgan fingerprint density at radius 2 is 1.82 bits per heavy atom. The summed E-state index contributed by atoms with van der Waals surface area (Å²) in [6.45, 7) is 16.6. The van der Waals surface area contributed by atoms with Crippen molar-refractivity contribution in [2.75, 3.05) is 57.3 Å². The van der Waals surface area contributed by atoms with Crippen LogP contribution in [0.4, 0.5) is 5.69 Å². The number of pyridine rings is 1. The molecule has 40 heavy (non-hydrogen) atoms. The summed E-state index contributed by atoms with van der Waals surface area (Å²) in [7, 11) is 0. The number of likely N-dealkylation sites (tertiary alicyclic amines) is 1. The number of rotatable bonds is 10. The minimum atomic E-state index is -0.00708. The number of thiazole rings is 1. The highest BCUT2D eigenvalue weighted by molar-refractivity contribution is 7.09. The van der Waals surface area contributed by atoms with Crippen LogP contribution in [-0.2, 0) is 4.79 Å². The molecule has 1 aromatic carbocycles. The van der Waals surface area contributed by atoms with Crippen LogP contribution in [0.1, 0.15) is 87.5 Å². The minimum Gasteiger partial charge on any atom is -0.368 e. The third-order valence-corrected chi connectivity index (χ3v) is 9.55. The number of hydrogen-bond acceptors (Lipinski definition) is 7. The highest BCUT2D eigenvalue weighted by atomic mass is 32.1. The van der Waals surface area contributed by atoms with Gasteiger partial charge in [-0.3, -0.25) is 14.7 Å². The molecule has 0 aliphatic carbocycles. The number of anilines is 1. The van der Waals surface area contributed by atoms with Crippen LogP contribution in [0.2, 0.25) is 0 Å². The lowest BCUT2D eigenvalue weighted by molar-refractivity contribution is -0.122. The maximum absolute atomic E-state index is 13.2. The van der Waals surface area contributed by atoms with Crippen molar-refractivity contribution in [1.82, 2.24) is 25.1 Å². The molecule has 7 nitrogen and oxygen atoms in total. The molecule has 3 aromatic rings. The van der Waals surface area contributed by atoms with Crippen LogP contribution in [-0.4, -0.2) is 78.0 Å². The molecular weight excluding hydrogens is 516 g/mol. The fraction of sp³-hybridized carbons (Fsp3) is 0.594. The number of nitrogens with one attached hydrogen (secondary N) is 1. The first-order chi connectivity index (χ1) is 19.4. The fourth-order valence-corrected chi connectivity index (χ4v) is 6.89. The van der Waals surface area contributed by atoms with Crippen molar-refractivity contribution < 1.29 is 4.79 Å². The summed E-state index contributed by atoms with van der Waals surface area (Å²) < 4.78 is 0. The molecule has 1 N–H and O–H groups in total. The summed E-state index contributed by atoms with van der Waals surface area (Å²) in [6, 6.07) is 8.83. The smallest absolute Gasteiger partial charge is 0.222 e.